The van der Waals surface area contributed by atoms with Crippen LogP contribution in [0.2, 0.25) is 0 Å². The zero-order valence-electron chi connectivity index (χ0n) is 14.8. The summed E-state index contributed by atoms with van der Waals surface area (Å²) in [5.41, 5.74) is 1.05. The Hall–Kier alpha value is -1.49. The highest BCUT2D eigenvalue weighted by Crippen LogP contribution is 2.16. The van der Waals surface area contributed by atoms with Crippen LogP contribution in [0.15, 0.2) is 29.2 Å². The van der Waals surface area contributed by atoms with Crippen LogP contribution in [-0.2, 0) is 16.0 Å². The first-order valence-electron chi connectivity index (χ1n) is 8.82. The zero-order chi connectivity index (χ0) is 17.4. The fraction of sp³-hybridized carbons (Fsp3) is 0.579. The van der Waals surface area contributed by atoms with Crippen molar-refractivity contribution in [3.05, 3.63) is 29.8 Å². The lowest BCUT2D eigenvalue weighted by molar-refractivity contribution is -0.133. The summed E-state index contributed by atoms with van der Waals surface area (Å²) in [5, 5.41) is 0. The largest absolute Gasteiger partial charge is 0.341 e. The molecule has 1 heterocycles. The SMILES string of the molecule is CCCCC(=O)N1CCCN(C(=O)Cc2ccc(SC)cc2)CC1. The first kappa shape index (κ1) is 18.8. The maximum Gasteiger partial charge on any atom is 0.227 e. The number of hydrogen-bond acceptors (Lipinski definition) is 3. The maximum atomic E-state index is 12.5. The van der Waals surface area contributed by atoms with Gasteiger partial charge in [-0.3, -0.25) is 9.59 Å². The second-order valence-corrected chi connectivity index (χ2v) is 7.12. The molecule has 4 nitrogen and oxygen atoms in total. The van der Waals surface area contributed by atoms with Gasteiger partial charge in [-0.05, 0) is 36.8 Å². The van der Waals surface area contributed by atoms with Gasteiger partial charge in [-0.25, -0.2) is 0 Å². The molecule has 24 heavy (non-hydrogen) atoms. The summed E-state index contributed by atoms with van der Waals surface area (Å²) in [6, 6.07) is 8.18. The zero-order valence-corrected chi connectivity index (χ0v) is 15.6. The van der Waals surface area contributed by atoms with Gasteiger partial charge < -0.3 is 9.80 Å². The number of amides is 2. The van der Waals surface area contributed by atoms with Crippen LogP contribution in [0, 0.1) is 0 Å². The summed E-state index contributed by atoms with van der Waals surface area (Å²) in [4.78, 5) is 29.7. The van der Waals surface area contributed by atoms with Crippen molar-refractivity contribution >= 4 is 23.6 Å². The van der Waals surface area contributed by atoms with E-state index in [1.54, 1.807) is 11.8 Å². The van der Waals surface area contributed by atoms with Crippen LogP contribution in [0.4, 0.5) is 0 Å². The molecule has 1 aliphatic rings. The van der Waals surface area contributed by atoms with Crippen LogP contribution in [-0.4, -0.2) is 54.0 Å². The summed E-state index contributed by atoms with van der Waals surface area (Å²) in [7, 11) is 0. The lowest BCUT2D eigenvalue weighted by Gasteiger charge is -2.22. The van der Waals surface area contributed by atoms with Crippen LogP contribution >= 0.6 is 11.8 Å². The maximum absolute atomic E-state index is 12.5. The smallest absolute Gasteiger partial charge is 0.227 e. The molecule has 0 radical (unpaired) electrons. The third kappa shape index (κ3) is 5.55. The molecule has 1 saturated heterocycles. The van der Waals surface area contributed by atoms with Crippen molar-refractivity contribution in [2.75, 3.05) is 32.4 Å². The molecule has 0 bridgehead atoms. The number of unbranched alkanes of at least 4 members (excludes halogenated alkanes) is 1. The molecule has 5 heteroatoms. The minimum absolute atomic E-state index is 0.162. The van der Waals surface area contributed by atoms with E-state index in [1.165, 1.54) is 4.90 Å². The van der Waals surface area contributed by atoms with E-state index in [9.17, 15) is 9.59 Å². The summed E-state index contributed by atoms with van der Waals surface area (Å²) in [5.74, 6) is 0.397. The summed E-state index contributed by atoms with van der Waals surface area (Å²) in [6.45, 7) is 4.94. The van der Waals surface area contributed by atoms with Gasteiger partial charge in [0.25, 0.3) is 0 Å². The highest BCUT2D eigenvalue weighted by molar-refractivity contribution is 7.98. The van der Waals surface area contributed by atoms with E-state index < -0.39 is 0 Å². The summed E-state index contributed by atoms with van der Waals surface area (Å²) < 4.78 is 0. The average Bonchev–Trinajstić information content (AvgIpc) is 2.86. The van der Waals surface area contributed by atoms with Gasteiger partial charge in [0.1, 0.15) is 0 Å². The molecule has 1 fully saturated rings. The summed E-state index contributed by atoms with van der Waals surface area (Å²) >= 11 is 1.70. The van der Waals surface area contributed by atoms with E-state index >= 15 is 0 Å². The first-order valence-corrected chi connectivity index (χ1v) is 10.0. The topological polar surface area (TPSA) is 40.6 Å². The molecule has 0 atom stereocenters. The van der Waals surface area contributed by atoms with Crippen molar-refractivity contribution in [2.24, 2.45) is 0 Å². The lowest BCUT2D eigenvalue weighted by Crippen LogP contribution is -2.37. The highest BCUT2D eigenvalue weighted by atomic mass is 32.2. The Labute approximate surface area is 149 Å². The minimum Gasteiger partial charge on any atom is -0.341 e. The quantitative estimate of drug-likeness (QED) is 0.741. The standard InChI is InChI=1S/C19H28N2O2S/c1-3-4-6-18(22)20-11-5-12-21(14-13-20)19(23)15-16-7-9-17(24-2)10-8-16/h7-10H,3-6,11-15H2,1-2H3. The number of rotatable bonds is 6. The molecule has 1 aromatic rings. The summed E-state index contributed by atoms with van der Waals surface area (Å²) in [6.07, 6.45) is 5.98. The molecule has 0 N–H and O–H groups in total. The van der Waals surface area contributed by atoms with Crippen molar-refractivity contribution < 1.29 is 9.59 Å². The molecule has 2 amide bonds. The number of carbonyl (C=O) groups is 2. The van der Waals surface area contributed by atoms with Crippen molar-refractivity contribution in [1.29, 1.82) is 0 Å². The first-order chi connectivity index (χ1) is 11.6. The average molecular weight is 349 g/mol. The lowest BCUT2D eigenvalue weighted by atomic mass is 10.1. The fourth-order valence-electron chi connectivity index (χ4n) is 2.93. The molecular weight excluding hydrogens is 320 g/mol. The van der Waals surface area contributed by atoms with E-state index in [0.717, 1.165) is 37.9 Å². The van der Waals surface area contributed by atoms with Crippen molar-refractivity contribution in [1.82, 2.24) is 9.80 Å². The highest BCUT2D eigenvalue weighted by Gasteiger charge is 2.21. The molecule has 0 unspecified atom stereocenters. The van der Waals surface area contributed by atoms with Gasteiger partial charge in [-0.15, -0.1) is 11.8 Å². The van der Waals surface area contributed by atoms with Crippen molar-refractivity contribution in [2.45, 2.75) is 43.9 Å². The molecule has 1 aliphatic heterocycles. The molecule has 1 aromatic carbocycles. The molecule has 0 aromatic heterocycles. The third-order valence-corrected chi connectivity index (χ3v) is 5.20. The Morgan fingerprint density at radius 3 is 2.21 bits per heavy atom. The van der Waals surface area contributed by atoms with Gasteiger partial charge >= 0.3 is 0 Å². The number of benzene rings is 1. The predicted molar refractivity (Wildman–Crippen MR) is 99.2 cm³/mol. The van der Waals surface area contributed by atoms with E-state index in [1.807, 2.05) is 28.2 Å². The van der Waals surface area contributed by atoms with Crippen LogP contribution in [0.3, 0.4) is 0 Å². The van der Waals surface area contributed by atoms with Crippen LogP contribution < -0.4 is 0 Å². The number of thioether (sulfide) groups is 1. The molecule has 0 saturated carbocycles. The predicted octanol–water partition coefficient (Wildman–Crippen LogP) is 3.20. The Kier molecular flexibility index (Phi) is 7.63. The molecule has 0 spiro atoms. The van der Waals surface area contributed by atoms with Gasteiger partial charge in [-0.1, -0.05) is 25.5 Å². The number of nitrogens with zero attached hydrogens (tertiary/aromatic N) is 2. The number of hydrogen-bond donors (Lipinski definition) is 0. The monoisotopic (exact) mass is 348 g/mol. The van der Waals surface area contributed by atoms with E-state index in [-0.39, 0.29) is 11.8 Å². The Balaban J connectivity index is 1.85. The van der Waals surface area contributed by atoms with Gasteiger partial charge in [-0.2, -0.15) is 0 Å². The van der Waals surface area contributed by atoms with Crippen LogP contribution in [0.1, 0.15) is 38.2 Å². The van der Waals surface area contributed by atoms with Crippen LogP contribution in [0.25, 0.3) is 0 Å². The Morgan fingerprint density at radius 1 is 1.00 bits per heavy atom. The number of carbonyl (C=O) groups excluding carboxylic acids is 2. The molecular formula is C19H28N2O2S. The van der Waals surface area contributed by atoms with Crippen molar-refractivity contribution in [3.63, 3.8) is 0 Å². The molecule has 0 aliphatic carbocycles. The van der Waals surface area contributed by atoms with Gasteiger partial charge in [0, 0.05) is 37.5 Å². The van der Waals surface area contributed by atoms with E-state index in [4.69, 9.17) is 0 Å². The van der Waals surface area contributed by atoms with E-state index in [0.29, 0.717) is 25.9 Å². The van der Waals surface area contributed by atoms with E-state index in [2.05, 4.69) is 19.1 Å². The van der Waals surface area contributed by atoms with Crippen LogP contribution in [0.5, 0.6) is 0 Å². The second-order valence-electron chi connectivity index (χ2n) is 6.24. The van der Waals surface area contributed by atoms with Gasteiger partial charge in [0.05, 0.1) is 6.42 Å². The third-order valence-electron chi connectivity index (χ3n) is 4.46. The minimum atomic E-state index is 0.162. The molecule has 2 rings (SSSR count). The Bertz CT molecular complexity index is 545. The normalized spacial score (nSPS) is 15.2. The Morgan fingerprint density at radius 2 is 1.62 bits per heavy atom. The van der Waals surface area contributed by atoms with Gasteiger partial charge in [0.2, 0.25) is 11.8 Å². The van der Waals surface area contributed by atoms with Crippen molar-refractivity contribution in [3.8, 4) is 0 Å². The fourth-order valence-corrected chi connectivity index (χ4v) is 3.34. The second kappa shape index (κ2) is 9.72. The molecule has 132 valence electrons. The van der Waals surface area contributed by atoms with Gasteiger partial charge in [0.15, 0.2) is 0 Å².